The van der Waals surface area contributed by atoms with Crippen LogP contribution >= 0.6 is 0 Å². The van der Waals surface area contributed by atoms with Gasteiger partial charge in [0.15, 0.2) is 6.29 Å². The van der Waals surface area contributed by atoms with Crippen molar-refractivity contribution in [3.63, 3.8) is 0 Å². The molecule has 3 heteroatoms. The van der Waals surface area contributed by atoms with Gasteiger partial charge in [-0.25, -0.2) is 0 Å². The van der Waals surface area contributed by atoms with Crippen LogP contribution in [-0.4, -0.2) is 24.9 Å². The number of carbonyl (C=O) groups excluding carboxylic acids is 1. The molecule has 3 nitrogen and oxygen atoms in total. The second kappa shape index (κ2) is 4.48. The van der Waals surface area contributed by atoms with Gasteiger partial charge in [-0.15, -0.1) is 0 Å². The maximum atomic E-state index is 11.3. The molecule has 0 spiro atoms. The highest BCUT2D eigenvalue weighted by atomic mass is 16.1. The molecule has 0 radical (unpaired) electrons. The van der Waals surface area contributed by atoms with Gasteiger partial charge in [-0.3, -0.25) is 4.79 Å². The van der Waals surface area contributed by atoms with Crippen molar-refractivity contribution in [1.82, 2.24) is 4.98 Å². The average Bonchev–Trinajstić information content (AvgIpc) is 2.72. The number of aromatic nitrogens is 1. The smallest absolute Gasteiger partial charge is 0.154 e. The first-order valence-electron chi connectivity index (χ1n) is 6.56. The van der Waals surface area contributed by atoms with E-state index < -0.39 is 0 Å². The van der Waals surface area contributed by atoms with Crippen LogP contribution in [0.3, 0.4) is 0 Å². The third kappa shape index (κ3) is 1.80. The standard InChI is InChI=1S/C15H18N2O/c1-17(9-11-5-4-6-11)15-13(10-18)12-7-2-3-8-14(12)16-15/h2-3,7-8,10-11,16H,4-6,9H2,1H3. The Labute approximate surface area is 107 Å². The van der Waals surface area contributed by atoms with Crippen LogP contribution in [0.2, 0.25) is 0 Å². The minimum atomic E-state index is 0.785. The van der Waals surface area contributed by atoms with Crippen LogP contribution in [0.15, 0.2) is 24.3 Å². The van der Waals surface area contributed by atoms with Crippen LogP contribution < -0.4 is 4.90 Å². The number of nitrogens with one attached hydrogen (secondary N) is 1. The van der Waals surface area contributed by atoms with Crippen LogP contribution in [0, 0.1) is 5.92 Å². The monoisotopic (exact) mass is 242 g/mol. The molecule has 0 amide bonds. The van der Waals surface area contributed by atoms with Crippen molar-refractivity contribution < 1.29 is 4.79 Å². The van der Waals surface area contributed by atoms with E-state index in [9.17, 15) is 4.79 Å². The Morgan fingerprint density at radius 2 is 2.17 bits per heavy atom. The van der Waals surface area contributed by atoms with Gasteiger partial charge >= 0.3 is 0 Å². The Morgan fingerprint density at radius 1 is 1.39 bits per heavy atom. The number of carbonyl (C=O) groups is 1. The molecule has 1 aliphatic rings. The molecule has 1 saturated carbocycles. The zero-order valence-corrected chi connectivity index (χ0v) is 10.6. The van der Waals surface area contributed by atoms with Gasteiger partial charge in [-0.1, -0.05) is 24.6 Å². The quantitative estimate of drug-likeness (QED) is 0.836. The second-order valence-electron chi connectivity index (χ2n) is 5.23. The molecule has 1 aliphatic carbocycles. The Bertz CT molecular complexity index is 569. The van der Waals surface area contributed by atoms with E-state index in [2.05, 4.69) is 16.9 Å². The fourth-order valence-electron chi connectivity index (χ4n) is 2.72. The molecule has 1 heterocycles. The van der Waals surface area contributed by atoms with E-state index in [1.165, 1.54) is 19.3 Å². The lowest BCUT2D eigenvalue weighted by atomic mass is 9.85. The molecule has 1 aromatic heterocycles. The number of rotatable bonds is 4. The minimum Gasteiger partial charge on any atom is -0.360 e. The molecule has 1 aromatic carbocycles. The first kappa shape index (κ1) is 11.3. The van der Waals surface area contributed by atoms with Gasteiger partial charge in [0.25, 0.3) is 0 Å². The fourth-order valence-corrected chi connectivity index (χ4v) is 2.72. The second-order valence-corrected chi connectivity index (χ2v) is 5.23. The van der Waals surface area contributed by atoms with Gasteiger partial charge in [0.2, 0.25) is 0 Å². The van der Waals surface area contributed by atoms with Crippen molar-refractivity contribution in [2.24, 2.45) is 5.92 Å². The number of hydrogen-bond acceptors (Lipinski definition) is 2. The van der Waals surface area contributed by atoms with E-state index in [0.29, 0.717) is 0 Å². The number of para-hydroxylation sites is 1. The number of hydrogen-bond donors (Lipinski definition) is 1. The lowest BCUT2D eigenvalue weighted by molar-refractivity contribution is 0.112. The van der Waals surface area contributed by atoms with E-state index in [1.807, 2.05) is 24.3 Å². The van der Waals surface area contributed by atoms with Crippen LogP contribution in [0.1, 0.15) is 29.6 Å². The maximum absolute atomic E-state index is 11.3. The molecule has 0 atom stereocenters. The molecule has 0 aliphatic heterocycles. The molecule has 2 aromatic rings. The Morgan fingerprint density at radius 3 is 2.83 bits per heavy atom. The topological polar surface area (TPSA) is 36.1 Å². The predicted molar refractivity (Wildman–Crippen MR) is 74.3 cm³/mol. The van der Waals surface area contributed by atoms with E-state index in [-0.39, 0.29) is 0 Å². The van der Waals surface area contributed by atoms with Crippen molar-refractivity contribution in [3.05, 3.63) is 29.8 Å². The van der Waals surface area contributed by atoms with Crippen molar-refractivity contribution in [2.45, 2.75) is 19.3 Å². The van der Waals surface area contributed by atoms with Gasteiger partial charge in [-0.2, -0.15) is 0 Å². The van der Waals surface area contributed by atoms with Crippen LogP contribution in [0.25, 0.3) is 10.9 Å². The van der Waals surface area contributed by atoms with E-state index in [1.54, 1.807) is 0 Å². The highest BCUT2D eigenvalue weighted by Crippen LogP contribution is 2.31. The minimum absolute atomic E-state index is 0.785. The van der Waals surface area contributed by atoms with E-state index in [0.717, 1.165) is 41.0 Å². The molecule has 0 unspecified atom stereocenters. The third-order valence-corrected chi connectivity index (χ3v) is 3.98. The summed E-state index contributed by atoms with van der Waals surface area (Å²) in [6.45, 7) is 1.04. The first-order valence-corrected chi connectivity index (χ1v) is 6.56. The highest BCUT2D eigenvalue weighted by molar-refractivity contribution is 6.03. The number of aromatic amines is 1. The molecule has 3 rings (SSSR count). The summed E-state index contributed by atoms with van der Waals surface area (Å²) in [7, 11) is 2.07. The molecular weight excluding hydrogens is 224 g/mol. The number of H-pyrrole nitrogens is 1. The van der Waals surface area contributed by atoms with Crippen molar-refractivity contribution in [2.75, 3.05) is 18.5 Å². The molecule has 0 bridgehead atoms. The van der Waals surface area contributed by atoms with Crippen LogP contribution in [0.5, 0.6) is 0 Å². The van der Waals surface area contributed by atoms with Gasteiger partial charge in [0, 0.05) is 24.5 Å². The summed E-state index contributed by atoms with van der Waals surface area (Å²) in [5.74, 6) is 1.75. The lowest BCUT2D eigenvalue weighted by Gasteiger charge is -2.30. The number of anilines is 1. The summed E-state index contributed by atoms with van der Waals surface area (Å²) >= 11 is 0. The fraction of sp³-hybridized carbons (Fsp3) is 0.400. The van der Waals surface area contributed by atoms with E-state index >= 15 is 0 Å². The van der Waals surface area contributed by atoms with Crippen molar-refractivity contribution >= 4 is 23.0 Å². The van der Waals surface area contributed by atoms with Gasteiger partial charge in [0.05, 0.1) is 5.56 Å². The summed E-state index contributed by atoms with van der Waals surface area (Å²) < 4.78 is 0. The predicted octanol–water partition coefficient (Wildman–Crippen LogP) is 3.22. The SMILES string of the molecule is CN(CC1CCC1)c1[nH]c2ccccc2c1C=O. The number of nitrogens with zero attached hydrogens (tertiary/aromatic N) is 1. The Hall–Kier alpha value is -1.77. The number of aldehydes is 1. The summed E-state index contributed by atoms with van der Waals surface area (Å²) in [6.07, 6.45) is 4.96. The van der Waals surface area contributed by atoms with Crippen molar-refractivity contribution in [3.8, 4) is 0 Å². The maximum Gasteiger partial charge on any atom is 0.154 e. The van der Waals surface area contributed by atoms with Gasteiger partial charge in [0.1, 0.15) is 5.82 Å². The molecular formula is C15H18N2O. The number of fused-ring (bicyclic) bond motifs is 1. The summed E-state index contributed by atoms with van der Waals surface area (Å²) in [5.41, 5.74) is 1.82. The Balaban J connectivity index is 1.96. The van der Waals surface area contributed by atoms with Crippen molar-refractivity contribution in [1.29, 1.82) is 0 Å². The summed E-state index contributed by atoms with van der Waals surface area (Å²) in [6, 6.07) is 7.97. The molecule has 1 fully saturated rings. The zero-order chi connectivity index (χ0) is 12.5. The average molecular weight is 242 g/mol. The number of benzene rings is 1. The van der Waals surface area contributed by atoms with Gasteiger partial charge in [-0.05, 0) is 24.8 Å². The van der Waals surface area contributed by atoms with E-state index in [4.69, 9.17) is 0 Å². The highest BCUT2D eigenvalue weighted by Gasteiger charge is 2.21. The third-order valence-electron chi connectivity index (χ3n) is 3.98. The Kier molecular flexibility index (Phi) is 2.82. The largest absolute Gasteiger partial charge is 0.360 e. The van der Waals surface area contributed by atoms with Gasteiger partial charge < -0.3 is 9.88 Å². The zero-order valence-electron chi connectivity index (χ0n) is 10.6. The summed E-state index contributed by atoms with van der Waals surface area (Å²) in [4.78, 5) is 16.9. The molecule has 94 valence electrons. The lowest BCUT2D eigenvalue weighted by Crippen LogP contribution is -2.30. The normalized spacial score (nSPS) is 15.6. The molecule has 0 saturated heterocycles. The molecule has 18 heavy (non-hydrogen) atoms. The van der Waals surface area contributed by atoms with Crippen LogP contribution in [0.4, 0.5) is 5.82 Å². The summed E-state index contributed by atoms with van der Waals surface area (Å²) in [5, 5.41) is 1.02. The van der Waals surface area contributed by atoms with Crippen LogP contribution in [-0.2, 0) is 0 Å². The first-order chi connectivity index (χ1) is 8.79. The molecule has 1 N–H and O–H groups in total.